The van der Waals surface area contributed by atoms with Crippen LogP contribution < -0.4 is 5.73 Å². The fraction of sp³-hybridized carbons (Fsp3) is 0.933. The predicted molar refractivity (Wildman–Crippen MR) is 74.2 cm³/mol. The van der Waals surface area contributed by atoms with Crippen LogP contribution in [0.5, 0.6) is 0 Å². The fourth-order valence-electron chi connectivity index (χ4n) is 3.28. The summed E-state index contributed by atoms with van der Waals surface area (Å²) >= 11 is 0. The quantitative estimate of drug-likeness (QED) is 0.839. The molecule has 0 aromatic rings. The summed E-state index contributed by atoms with van der Waals surface area (Å²) in [6, 6.07) is 0.419. The van der Waals surface area contributed by atoms with Crippen LogP contribution in [0.4, 0.5) is 0 Å². The molecule has 2 rings (SSSR count). The van der Waals surface area contributed by atoms with Crippen LogP contribution >= 0.6 is 0 Å². The van der Waals surface area contributed by atoms with Crippen LogP contribution in [0.2, 0.25) is 0 Å². The molecule has 1 saturated heterocycles. The molecule has 0 atom stereocenters. The molecule has 104 valence electrons. The highest BCUT2D eigenvalue weighted by Crippen LogP contribution is 2.27. The van der Waals surface area contributed by atoms with Crippen molar-refractivity contribution in [3.8, 4) is 0 Å². The van der Waals surface area contributed by atoms with Crippen molar-refractivity contribution in [1.29, 1.82) is 0 Å². The minimum Gasteiger partial charge on any atom is -0.343 e. The van der Waals surface area contributed by atoms with Gasteiger partial charge in [0, 0.05) is 25.6 Å². The van der Waals surface area contributed by atoms with E-state index >= 15 is 0 Å². The normalized spacial score (nSPS) is 29.9. The molecule has 3 nitrogen and oxygen atoms in total. The molecule has 0 bridgehead atoms. The van der Waals surface area contributed by atoms with Gasteiger partial charge in [-0.15, -0.1) is 0 Å². The largest absolute Gasteiger partial charge is 0.343 e. The standard InChI is InChI=1S/C15H28N2O/c16-14-8-5-13(6-9-14)7-10-15(18)17-11-3-1-2-4-12-17/h13-14H,1-12,16H2. The number of carbonyl (C=O) groups excluding carboxylic acids is 1. The van der Waals surface area contributed by atoms with Gasteiger partial charge in [0.2, 0.25) is 5.91 Å². The molecule has 0 aromatic heterocycles. The fourth-order valence-corrected chi connectivity index (χ4v) is 3.28. The molecule has 0 unspecified atom stereocenters. The van der Waals surface area contributed by atoms with Gasteiger partial charge in [0.15, 0.2) is 0 Å². The number of likely N-dealkylation sites (tertiary alicyclic amines) is 1. The van der Waals surface area contributed by atoms with Gasteiger partial charge in [0.1, 0.15) is 0 Å². The summed E-state index contributed by atoms with van der Waals surface area (Å²) in [6.45, 7) is 1.99. The Bertz CT molecular complexity index is 251. The van der Waals surface area contributed by atoms with Crippen molar-refractivity contribution in [1.82, 2.24) is 4.90 Å². The highest BCUT2D eigenvalue weighted by molar-refractivity contribution is 5.76. The van der Waals surface area contributed by atoms with Gasteiger partial charge in [0.05, 0.1) is 0 Å². The average molecular weight is 252 g/mol. The van der Waals surface area contributed by atoms with Gasteiger partial charge < -0.3 is 10.6 Å². The smallest absolute Gasteiger partial charge is 0.222 e. The van der Waals surface area contributed by atoms with Crippen LogP contribution in [-0.4, -0.2) is 29.9 Å². The molecule has 3 heteroatoms. The Morgan fingerprint density at radius 3 is 2.22 bits per heavy atom. The number of rotatable bonds is 3. The Morgan fingerprint density at radius 1 is 1.00 bits per heavy atom. The third kappa shape index (κ3) is 4.27. The second-order valence-electron chi connectivity index (χ2n) is 6.11. The molecular formula is C15H28N2O. The number of nitrogens with zero attached hydrogens (tertiary/aromatic N) is 1. The minimum absolute atomic E-state index is 0.395. The van der Waals surface area contributed by atoms with E-state index in [-0.39, 0.29) is 0 Å². The molecule has 0 radical (unpaired) electrons. The molecule has 1 amide bonds. The average Bonchev–Trinajstić information content (AvgIpc) is 2.66. The van der Waals surface area contributed by atoms with Crippen LogP contribution in [0.15, 0.2) is 0 Å². The lowest BCUT2D eigenvalue weighted by Crippen LogP contribution is -2.32. The molecule has 1 heterocycles. The first kappa shape index (κ1) is 13.9. The van der Waals surface area contributed by atoms with E-state index in [1.54, 1.807) is 0 Å². The Balaban J connectivity index is 1.67. The summed E-state index contributed by atoms with van der Waals surface area (Å²) in [5.74, 6) is 1.15. The first-order valence-corrected chi connectivity index (χ1v) is 7.79. The van der Waals surface area contributed by atoms with E-state index in [1.807, 2.05) is 0 Å². The van der Waals surface area contributed by atoms with E-state index in [0.717, 1.165) is 44.7 Å². The van der Waals surface area contributed by atoms with Gasteiger partial charge in [-0.25, -0.2) is 0 Å². The molecule has 1 saturated carbocycles. The molecule has 1 aliphatic heterocycles. The van der Waals surface area contributed by atoms with Gasteiger partial charge in [-0.3, -0.25) is 4.79 Å². The zero-order chi connectivity index (χ0) is 12.8. The van der Waals surface area contributed by atoms with Crippen LogP contribution in [0.1, 0.15) is 64.2 Å². The maximum Gasteiger partial charge on any atom is 0.222 e. The SMILES string of the molecule is NC1CCC(CCC(=O)N2CCCCCC2)CC1. The molecule has 2 aliphatic rings. The lowest BCUT2D eigenvalue weighted by Gasteiger charge is -2.27. The van der Waals surface area contributed by atoms with E-state index < -0.39 is 0 Å². The first-order chi connectivity index (χ1) is 8.75. The van der Waals surface area contributed by atoms with Crippen LogP contribution in [0, 0.1) is 5.92 Å². The first-order valence-electron chi connectivity index (χ1n) is 7.79. The maximum atomic E-state index is 12.2. The number of nitrogens with two attached hydrogens (primary N) is 1. The topological polar surface area (TPSA) is 46.3 Å². The Labute approximate surface area is 111 Å². The summed E-state index contributed by atoms with van der Waals surface area (Å²) < 4.78 is 0. The van der Waals surface area contributed by atoms with Crippen molar-refractivity contribution in [3.63, 3.8) is 0 Å². The van der Waals surface area contributed by atoms with E-state index in [4.69, 9.17) is 5.73 Å². The number of hydrogen-bond donors (Lipinski definition) is 1. The highest BCUT2D eigenvalue weighted by Gasteiger charge is 2.21. The lowest BCUT2D eigenvalue weighted by atomic mass is 9.84. The zero-order valence-electron chi connectivity index (χ0n) is 11.6. The van der Waals surface area contributed by atoms with Gasteiger partial charge in [-0.2, -0.15) is 0 Å². The number of hydrogen-bond acceptors (Lipinski definition) is 2. The van der Waals surface area contributed by atoms with Crippen molar-refractivity contribution in [2.45, 2.75) is 70.3 Å². The van der Waals surface area contributed by atoms with Crippen molar-refractivity contribution >= 4 is 5.91 Å². The predicted octanol–water partition coefficient (Wildman–Crippen LogP) is 2.69. The summed E-state index contributed by atoms with van der Waals surface area (Å²) in [5.41, 5.74) is 5.91. The van der Waals surface area contributed by atoms with Gasteiger partial charge in [-0.1, -0.05) is 12.8 Å². The van der Waals surface area contributed by atoms with E-state index in [1.165, 1.54) is 38.5 Å². The highest BCUT2D eigenvalue weighted by atomic mass is 16.2. The van der Waals surface area contributed by atoms with E-state index in [2.05, 4.69) is 4.90 Å². The Hall–Kier alpha value is -0.570. The third-order valence-electron chi connectivity index (χ3n) is 4.62. The van der Waals surface area contributed by atoms with Gasteiger partial charge >= 0.3 is 0 Å². The summed E-state index contributed by atoms with van der Waals surface area (Å²) in [6.07, 6.45) is 11.6. The second kappa shape index (κ2) is 7.13. The lowest BCUT2D eigenvalue weighted by molar-refractivity contribution is -0.131. The summed E-state index contributed by atoms with van der Waals surface area (Å²) in [4.78, 5) is 14.3. The Kier molecular flexibility index (Phi) is 5.48. The molecule has 1 aliphatic carbocycles. The van der Waals surface area contributed by atoms with Gasteiger partial charge in [-0.05, 0) is 50.9 Å². The third-order valence-corrected chi connectivity index (χ3v) is 4.62. The zero-order valence-corrected chi connectivity index (χ0v) is 11.6. The molecular weight excluding hydrogens is 224 g/mol. The van der Waals surface area contributed by atoms with Crippen LogP contribution in [0.3, 0.4) is 0 Å². The minimum atomic E-state index is 0.395. The molecule has 2 fully saturated rings. The van der Waals surface area contributed by atoms with Crippen LogP contribution in [-0.2, 0) is 4.79 Å². The van der Waals surface area contributed by atoms with Crippen molar-refractivity contribution in [2.24, 2.45) is 11.7 Å². The monoisotopic (exact) mass is 252 g/mol. The molecule has 18 heavy (non-hydrogen) atoms. The molecule has 0 spiro atoms. The Morgan fingerprint density at radius 2 is 1.61 bits per heavy atom. The summed E-state index contributed by atoms with van der Waals surface area (Å²) in [5, 5.41) is 0. The van der Waals surface area contributed by atoms with Gasteiger partial charge in [0.25, 0.3) is 0 Å². The number of amides is 1. The van der Waals surface area contributed by atoms with Crippen LogP contribution in [0.25, 0.3) is 0 Å². The van der Waals surface area contributed by atoms with Crippen molar-refractivity contribution < 1.29 is 4.79 Å². The van der Waals surface area contributed by atoms with Crippen molar-refractivity contribution in [2.75, 3.05) is 13.1 Å². The van der Waals surface area contributed by atoms with Crippen molar-refractivity contribution in [3.05, 3.63) is 0 Å². The molecule has 2 N–H and O–H groups in total. The number of carbonyl (C=O) groups is 1. The second-order valence-corrected chi connectivity index (χ2v) is 6.11. The molecule has 0 aromatic carbocycles. The maximum absolute atomic E-state index is 12.2. The van der Waals surface area contributed by atoms with E-state index in [9.17, 15) is 4.79 Å². The summed E-state index contributed by atoms with van der Waals surface area (Å²) in [7, 11) is 0. The van der Waals surface area contributed by atoms with E-state index in [0.29, 0.717) is 11.9 Å².